The van der Waals surface area contributed by atoms with Gasteiger partial charge in [0, 0.05) is 42.7 Å². The summed E-state index contributed by atoms with van der Waals surface area (Å²) in [5.74, 6) is 1.01. The molecule has 2 aromatic carbocycles. The summed E-state index contributed by atoms with van der Waals surface area (Å²) in [5, 5.41) is 10.5. The summed E-state index contributed by atoms with van der Waals surface area (Å²) in [7, 11) is 4.14. The predicted molar refractivity (Wildman–Crippen MR) is 239 cm³/mol. The van der Waals surface area contributed by atoms with Gasteiger partial charge < -0.3 is 31.5 Å². The molecule has 2 fully saturated rings. The van der Waals surface area contributed by atoms with E-state index in [0.29, 0.717) is 30.0 Å². The third-order valence-corrected chi connectivity index (χ3v) is 11.5. The van der Waals surface area contributed by atoms with Crippen LogP contribution in [0.15, 0.2) is 48.5 Å². The molecule has 11 heteroatoms. The lowest BCUT2D eigenvalue weighted by Gasteiger charge is -2.39. The molecule has 0 aliphatic heterocycles. The van der Waals surface area contributed by atoms with E-state index < -0.39 is 0 Å². The molecule has 0 saturated heterocycles. The third kappa shape index (κ3) is 20.8. The first-order valence-electron chi connectivity index (χ1n) is 21.7. The maximum absolute atomic E-state index is 13.1. The van der Waals surface area contributed by atoms with Crippen LogP contribution in [0.1, 0.15) is 110 Å². The highest BCUT2D eigenvalue weighted by Crippen LogP contribution is 2.28. The van der Waals surface area contributed by atoms with E-state index >= 15 is 0 Å². The average Bonchev–Trinajstić information content (AvgIpc) is 3.17. The van der Waals surface area contributed by atoms with Crippen LogP contribution in [0.25, 0.3) is 0 Å². The number of hydrogen-bond donors (Lipinski definition) is 4. The fraction of sp³-hybridized carbons (Fsp3) is 0.717. The van der Waals surface area contributed by atoms with Gasteiger partial charge in [0.05, 0.1) is 5.34 Å². The molecular weight excluding hydrogens is 761 g/mol. The van der Waals surface area contributed by atoms with Crippen molar-refractivity contribution in [3.63, 3.8) is 0 Å². The van der Waals surface area contributed by atoms with Crippen molar-refractivity contribution in [2.24, 2.45) is 23.0 Å². The van der Waals surface area contributed by atoms with Gasteiger partial charge in [-0.25, -0.2) is 8.78 Å². The SMILES string of the molecule is CCCN(CCCc1ccc(F)cc1)C[C@@H]1C[C@H](N)CC[C@H]1NC.CCCN(CCCc1ccc(F)cc1)C[C@@H]1C[C@H](NC(=O)C(C)(C)C)CC[C@H]1NC.ClCCl. The number of rotatable bonds is 19. The van der Waals surface area contributed by atoms with Crippen LogP contribution < -0.4 is 21.7 Å². The number of aryl methyl sites for hydroxylation is 2. The van der Waals surface area contributed by atoms with Crippen LogP contribution in [0, 0.1) is 28.9 Å². The molecule has 1 amide bonds. The smallest absolute Gasteiger partial charge is 0.225 e. The summed E-state index contributed by atoms with van der Waals surface area (Å²) in [6.07, 6.45) is 13.1. The minimum atomic E-state index is -0.343. The molecule has 0 bridgehead atoms. The highest BCUT2D eigenvalue weighted by Gasteiger charge is 2.33. The second kappa shape index (κ2) is 28.6. The Labute approximate surface area is 356 Å². The van der Waals surface area contributed by atoms with Crippen LogP contribution in [0.4, 0.5) is 8.78 Å². The van der Waals surface area contributed by atoms with Gasteiger partial charge in [0.25, 0.3) is 0 Å². The minimum absolute atomic E-state index is 0.152. The number of nitrogens with one attached hydrogen (secondary N) is 3. The van der Waals surface area contributed by atoms with Gasteiger partial charge in [-0.2, -0.15) is 0 Å². The van der Waals surface area contributed by atoms with Crippen molar-refractivity contribution in [3.8, 4) is 0 Å². The average molecular weight is 840 g/mol. The number of nitrogens with zero attached hydrogens (tertiary/aromatic N) is 2. The molecule has 0 heterocycles. The summed E-state index contributed by atoms with van der Waals surface area (Å²) in [4.78, 5) is 17.6. The Balaban J connectivity index is 0.000000376. The zero-order valence-electron chi connectivity index (χ0n) is 36.4. The summed E-state index contributed by atoms with van der Waals surface area (Å²) < 4.78 is 26.1. The van der Waals surface area contributed by atoms with E-state index in [1.165, 1.54) is 24.0 Å². The Morgan fingerprint density at radius 1 is 0.719 bits per heavy atom. The molecule has 4 rings (SSSR count). The third-order valence-electron chi connectivity index (χ3n) is 11.5. The summed E-state index contributed by atoms with van der Waals surface area (Å²) in [5.41, 5.74) is 8.28. The van der Waals surface area contributed by atoms with Gasteiger partial charge in [-0.05, 0) is 165 Å². The molecular formula is C46H78Cl2F2N6O. The number of nitrogens with two attached hydrogens (primary N) is 1. The lowest BCUT2D eigenvalue weighted by Crippen LogP contribution is -2.51. The Morgan fingerprint density at radius 2 is 1.14 bits per heavy atom. The minimum Gasteiger partial charge on any atom is -0.353 e. The van der Waals surface area contributed by atoms with Gasteiger partial charge in [0.15, 0.2) is 0 Å². The number of amides is 1. The van der Waals surface area contributed by atoms with Crippen molar-refractivity contribution < 1.29 is 13.6 Å². The molecule has 6 atom stereocenters. The molecule has 2 aliphatic carbocycles. The fourth-order valence-electron chi connectivity index (χ4n) is 8.46. The van der Waals surface area contributed by atoms with Crippen molar-refractivity contribution in [1.82, 2.24) is 25.8 Å². The van der Waals surface area contributed by atoms with Crippen LogP contribution in [0.2, 0.25) is 0 Å². The first-order valence-corrected chi connectivity index (χ1v) is 22.8. The molecule has 0 spiro atoms. The molecule has 5 N–H and O–H groups in total. The summed E-state index contributed by atoms with van der Waals surface area (Å²) in [6, 6.07) is 15.5. The number of halogens is 4. The van der Waals surface area contributed by atoms with Crippen molar-refractivity contribution in [2.75, 3.05) is 58.7 Å². The highest BCUT2D eigenvalue weighted by atomic mass is 35.5. The number of carbonyl (C=O) groups excluding carboxylic acids is 1. The standard InChI is InChI=1S/C25H42FN3O.C20H34FN3.CH2Cl2/c1-6-15-29(16-7-8-19-9-11-21(26)12-10-19)18-20-17-22(13-14-23(20)27-5)28-24(30)25(2,3)4;1-3-12-24(13-4-5-16-6-8-18(21)9-7-16)15-17-14-19(22)10-11-20(17)23-2;2-1-3/h9-12,20,22-23,27H,6-8,13-18H2,1-5H3,(H,28,30);6-9,17,19-20,23H,3-5,10-15,22H2,1-2H3;1H2/t20-,22+,23+;17-,19+,20+;/m00./s1. The molecule has 0 aromatic heterocycles. The number of benzene rings is 2. The largest absolute Gasteiger partial charge is 0.353 e. The summed E-state index contributed by atoms with van der Waals surface area (Å²) >= 11 is 9.53. The van der Waals surface area contributed by atoms with E-state index in [-0.39, 0.29) is 34.3 Å². The second-order valence-corrected chi connectivity index (χ2v) is 18.1. The molecule has 0 unspecified atom stereocenters. The topological polar surface area (TPSA) is 85.7 Å². The number of hydrogen-bond acceptors (Lipinski definition) is 6. The summed E-state index contributed by atoms with van der Waals surface area (Å²) in [6.45, 7) is 17.0. The van der Waals surface area contributed by atoms with Crippen LogP contribution in [-0.4, -0.2) is 98.6 Å². The fourth-order valence-corrected chi connectivity index (χ4v) is 8.46. The predicted octanol–water partition coefficient (Wildman–Crippen LogP) is 9.00. The van der Waals surface area contributed by atoms with Gasteiger partial charge >= 0.3 is 0 Å². The van der Waals surface area contributed by atoms with E-state index in [0.717, 1.165) is 103 Å². The van der Waals surface area contributed by atoms with Crippen molar-refractivity contribution in [1.29, 1.82) is 0 Å². The van der Waals surface area contributed by atoms with E-state index in [1.807, 2.05) is 45.0 Å². The first kappa shape index (κ1) is 51.3. The lowest BCUT2D eigenvalue weighted by atomic mass is 9.80. The van der Waals surface area contributed by atoms with E-state index in [1.54, 1.807) is 24.3 Å². The molecule has 326 valence electrons. The molecule has 2 aromatic rings. The maximum atomic E-state index is 13.1. The van der Waals surface area contributed by atoms with Gasteiger partial charge in [-0.1, -0.05) is 58.9 Å². The van der Waals surface area contributed by atoms with Crippen molar-refractivity contribution >= 4 is 29.1 Å². The van der Waals surface area contributed by atoms with Gasteiger partial charge in [0.1, 0.15) is 11.6 Å². The van der Waals surface area contributed by atoms with Crippen LogP contribution in [-0.2, 0) is 17.6 Å². The normalized spacial score (nSPS) is 22.4. The van der Waals surface area contributed by atoms with Gasteiger partial charge in [-0.3, -0.25) is 4.79 Å². The van der Waals surface area contributed by atoms with Crippen molar-refractivity contribution in [2.45, 2.75) is 136 Å². The highest BCUT2D eigenvalue weighted by molar-refractivity contribution is 6.40. The zero-order valence-corrected chi connectivity index (χ0v) is 37.9. The lowest BCUT2D eigenvalue weighted by molar-refractivity contribution is -0.129. The quantitative estimate of drug-likeness (QED) is 0.106. The maximum Gasteiger partial charge on any atom is 0.225 e. The van der Waals surface area contributed by atoms with Crippen LogP contribution >= 0.6 is 23.2 Å². The van der Waals surface area contributed by atoms with E-state index in [2.05, 4.69) is 53.7 Å². The molecule has 2 aliphatic rings. The zero-order chi connectivity index (χ0) is 42.2. The number of carbonyl (C=O) groups is 1. The Morgan fingerprint density at radius 3 is 1.54 bits per heavy atom. The molecule has 7 nitrogen and oxygen atoms in total. The van der Waals surface area contributed by atoms with Crippen LogP contribution in [0.5, 0.6) is 0 Å². The van der Waals surface area contributed by atoms with E-state index in [9.17, 15) is 13.6 Å². The Hall–Kier alpha value is -1.85. The number of alkyl halides is 2. The van der Waals surface area contributed by atoms with E-state index in [4.69, 9.17) is 28.9 Å². The molecule has 2 saturated carbocycles. The first-order chi connectivity index (χ1) is 27.3. The second-order valence-electron chi connectivity index (χ2n) is 17.3. The molecule has 0 radical (unpaired) electrons. The van der Waals surface area contributed by atoms with Crippen molar-refractivity contribution in [3.05, 3.63) is 71.3 Å². The van der Waals surface area contributed by atoms with Gasteiger partial charge in [-0.15, -0.1) is 23.2 Å². The Kier molecular flexibility index (Phi) is 25.7. The Bertz CT molecular complexity index is 1330. The van der Waals surface area contributed by atoms with Gasteiger partial charge in [0.2, 0.25) is 5.91 Å². The van der Waals surface area contributed by atoms with Crippen LogP contribution in [0.3, 0.4) is 0 Å². The monoisotopic (exact) mass is 839 g/mol. The molecule has 57 heavy (non-hydrogen) atoms.